The second-order valence-corrected chi connectivity index (χ2v) is 4.35. The smallest absolute Gasteiger partial charge is 0.236 e. The molecule has 3 unspecified atom stereocenters. The van der Waals surface area contributed by atoms with E-state index in [1.165, 1.54) is 0 Å². The third-order valence-electron chi connectivity index (χ3n) is 2.88. The maximum Gasteiger partial charge on any atom is 0.236 e. The molecular formula is C10H20N2O2. The molecule has 0 aliphatic heterocycles. The molecule has 0 aromatic heterocycles. The van der Waals surface area contributed by atoms with Crippen LogP contribution in [0.1, 0.15) is 33.1 Å². The molecule has 82 valence electrons. The van der Waals surface area contributed by atoms with Crippen LogP contribution in [0.2, 0.25) is 0 Å². The van der Waals surface area contributed by atoms with Gasteiger partial charge in [-0.3, -0.25) is 4.79 Å². The lowest BCUT2D eigenvalue weighted by molar-refractivity contribution is -0.123. The fourth-order valence-corrected chi connectivity index (χ4v) is 1.84. The highest BCUT2D eigenvalue weighted by Crippen LogP contribution is 2.24. The van der Waals surface area contributed by atoms with E-state index in [2.05, 4.69) is 5.32 Å². The van der Waals surface area contributed by atoms with Crippen molar-refractivity contribution in [2.45, 2.75) is 51.3 Å². The first kappa shape index (κ1) is 11.5. The first-order chi connectivity index (χ1) is 6.50. The van der Waals surface area contributed by atoms with Crippen LogP contribution >= 0.6 is 0 Å². The van der Waals surface area contributed by atoms with Gasteiger partial charge in [0.25, 0.3) is 0 Å². The Morgan fingerprint density at radius 1 is 1.57 bits per heavy atom. The molecule has 0 spiro atoms. The number of hydrogen-bond donors (Lipinski definition) is 3. The second-order valence-electron chi connectivity index (χ2n) is 4.35. The summed E-state index contributed by atoms with van der Waals surface area (Å²) in [6, 6.07) is -0.260. The molecule has 0 bridgehead atoms. The largest absolute Gasteiger partial charge is 0.393 e. The van der Waals surface area contributed by atoms with E-state index in [1.807, 2.05) is 6.92 Å². The molecule has 0 aromatic carbocycles. The third kappa shape index (κ3) is 2.96. The minimum Gasteiger partial charge on any atom is -0.393 e. The van der Waals surface area contributed by atoms with Gasteiger partial charge >= 0.3 is 0 Å². The van der Waals surface area contributed by atoms with E-state index in [-0.39, 0.29) is 24.0 Å². The van der Waals surface area contributed by atoms with Crippen LogP contribution in [0.15, 0.2) is 0 Å². The predicted octanol–water partition coefficient (Wildman–Crippen LogP) is -0.000700. The summed E-state index contributed by atoms with van der Waals surface area (Å²) in [6.45, 7) is 3.69. The predicted molar refractivity (Wildman–Crippen MR) is 54.6 cm³/mol. The molecule has 0 radical (unpaired) electrons. The second kappa shape index (κ2) is 4.75. The molecule has 0 heterocycles. The fraction of sp³-hybridized carbons (Fsp3) is 0.900. The lowest BCUT2D eigenvalue weighted by Gasteiger charge is -2.31. The van der Waals surface area contributed by atoms with Crippen LogP contribution in [0.5, 0.6) is 0 Å². The molecule has 4 atom stereocenters. The molecule has 1 amide bonds. The normalized spacial score (nSPS) is 35.0. The Morgan fingerprint density at radius 2 is 2.21 bits per heavy atom. The molecule has 1 aliphatic rings. The average Bonchev–Trinajstić information content (AvgIpc) is 2.11. The molecule has 1 rings (SSSR count). The Hall–Kier alpha value is -0.610. The summed E-state index contributed by atoms with van der Waals surface area (Å²) in [5.74, 6) is 0.167. The Kier molecular flexibility index (Phi) is 3.89. The molecular weight excluding hydrogens is 180 g/mol. The number of aliphatic hydroxyl groups is 1. The number of aliphatic hydroxyl groups excluding tert-OH is 1. The van der Waals surface area contributed by atoms with E-state index in [9.17, 15) is 9.90 Å². The van der Waals surface area contributed by atoms with Gasteiger partial charge in [0.05, 0.1) is 12.1 Å². The van der Waals surface area contributed by atoms with Crippen molar-refractivity contribution in [3.8, 4) is 0 Å². The van der Waals surface area contributed by atoms with Gasteiger partial charge in [-0.2, -0.15) is 0 Å². The van der Waals surface area contributed by atoms with Crippen molar-refractivity contribution in [1.29, 1.82) is 0 Å². The summed E-state index contributed by atoms with van der Waals surface area (Å²) in [7, 11) is 0. The van der Waals surface area contributed by atoms with Gasteiger partial charge < -0.3 is 16.2 Å². The summed E-state index contributed by atoms with van der Waals surface area (Å²) < 4.78 is 0. The lowest BCUT2D eigenvalue weighted by Crippen LogP contribution is -2.47. The van der Waals surface area contributed by atoms with E-state index in [4.69, 9.17) is 5.73 Å². The van der Waals surface area contributed by atoms with Crippen molar-refractivity contribution >= 4 is 5.91 Å². The number of hydrogen-bond acceptors (Lipinski definition) is 3. The van der Waals surface area contributed by atoms with Crippen LogP contribution in [0.4, 0.5) is 0 Å². The van der Waals surface area contributed by atoms with Gasteiger partial charge in [-0.1, -0.05) is 6.92 Å². The van der Waals surface area contributed by atoms with Crippen molar-refractivity contribution in [3.05, 3.63) is 0 Å². The highest BCUT2D eigenvalue weighted by Gasteiger charge is 2.27. The molecule has 4 nitrogen and oxygen atoms in total. The van der Waals surface area contributed by atoms with Crippen molar-refractivity contribution in [1.82, 2.24) is 5.32 Å². The van der Waals surface area contributed by atoms with Crippen molar-refractivity contribution in [2.75, 3.05) is 0 Å². The summed E-state index contributed by atoms with van der Waals surface area (Å²) in [5.41, 5.74) is 5.45. The Morgan fingerprint density at radius 3 is 2.71 bits per heavy atom. The molecule has 1 fully saturated rings. The third-order valence-corrected chi connectivity index (χ3v) is 2.88. The number of rotatable bonds is 2. The monoisotopic (exact) mass is 200 g/mol. The highest BCUT2D eigenvalue weighted by molar-refractivity contribution is 5.81. The van der Waals surface area contributed by atoms with Crippen molar-refractivity contribution < 1.29 is 9.90 Å². The zero-order chi connectivity index (χ0) is 10.7. The Bertz CT molecular complexity index is 206. The summed E-state index contributed by atoms with van der Waals surface area (Å²) >= 11 is 0. The van der Waals surface area contributed by atoms with E-state index in [1.54, 1.807) is 6.92 Å². The highest BCUT2D eigenvalue weighted by atomic mass is 16.3. The molecule has 0 aromatic rings. The molecule has 0 saturated heterocycles. The molecule has 1 aliphatic carbocycles. The zero-order valence-electron chi connectivity index (χ0n) is 8.86. The van der Waals surface area contributed by atoms with Gasteiger partial charge in [-0.05, 0) is 32.1 Å². The van der Waals surface area contributed by atoms with Crippen LogP contribution in [-0.4, -0.2) is 29.2 Å². The van der Waals surface area contributed by atoms with Gasteiger partial charge in [-0.25, -0.2) is 0 Å². The van der Waals surface area contributed by atoms with Gasteiger partial charge in [0.2, 0.25) is 5.91 Å². The number of nitrogens with one attached hydrogen (secondary N) is 1. The van der Waals surface area contributed by atoms with Crippen LogP contribution in [-0.2, 0) is 4.79 Å². The van der Waals surface area contributed by atoms with Gasteiger partial charge in [0, 0.05) is 6.04 Å². The van der Waals surface area contributed by atoms with Crippen LogP contribution < -0.4 is 11.1 Å². The quantitative estimate of drug-likeness (QED) is 0.587. The summed E-state index contributed by atoms with van der Waals surface area (Å²) in [6.07, 6.45) is 2.26. The van der Waals surface area contributed by atoms with Crippen molar-refractivity contribution in [2.24, 2.45) is 11.7 Å². The minimum atomic E-state index is -0.447. The van der Waals surface area contributed by atoms with E-state index in [0.29, 0.717) is 0 Å². The maximum atomic E-state index is 11.3. The van der Waals surface area contributed by atoms with E-state index in [0.717, 1.165) is 19.3 Å². The first-order valence-electron chi connectivity index (χ1n) is 5.24. The summed E-state index contributed by atoms with van der Waals surface area (Å²) in [5, 5.41) is 12.4. The van der Waals surface area contributed by atoms with Crippen LogP contribution in [0.25, 0.3) is 0 Å². The lowest BCUT2D eigenvalue weighted by atomic mass is 9.84. The van der Waals surface area contributed by atoms with Crippen LogP contribution in [0.3, 0.4) is 0 Å². The molecule has 4 N–H and O–H groups in total. The first-order valence-corrected chi connectivity index (χ1v) is 5.24. The molecule has 14 heavy (non-hydrogen) atoms. The van der Waals surface area contributed by atoms with E-state index < -0.39 is 6.04 Å². The summed E-state index contributed by atoms with van der Waals surface area (Å²) in [4.78, 5) is 11.3. The average molecular weight is 200 g/mol. The van der Waals surface area contributed by atoms with Gasteiger partial charge in [0.15, 0.2) is 0 Å². The van der Waals surface area contributed by atoms with E-state index >= 15 is 0 Å². The topological polar surface area (TPSA) is 75.4 Å². The van der Waals surface area contributed by atoms with Crippen LogP contribution in [0, 0.1) is 5.92 Å². The number of amides is 1. The van der Waals surface area contributed by atoms with Gasteiger partial charge in [-0.15, -0.1) is 0 Å². The Labute approximate surface area is 84.9 Å². The standard InChI is InChI=1S/C10H20N2O2/c1-6-5-8(3-4-9(6)13)12-10(14)7(2)11/h6-9,13H,3-5,11H2,1-2H3,(H,12,14)/t6-,7?,8?,9?/m1/s1. The molecule has 4 heteroatoms. The maximum absolute atomic E-state index is 11.3. The minimum absolute atomic E-state index is 0.0985. The van der Waals surface area contributed by atoms with Gasteiger partial charge in [0.1, 0.15) is 0 Å². The van der Waals surface area contributed by atoms with Crippen molar-refractivity contribution in [3.63, 3.8) is 0 Å². The number of carbonyl (C=O) groups excluding carboxylic acids is 1. The molecule has 1 saturated carbocycles. The number of nitrogens with two attached hydrogens (primary N) is 1. The Balaban J connectivity index is 2.37. The zero-order valence-corrected chi connectivity index (χ0v) is 8.86. The number of carbonyl (C=O) groups is 1. The fourth-order valence-electron chi connectivity index (χ4n) is 1.84. The SMILES string of the molecule is CC(N)C(=O)NC1CCC(O)[C@H](C)C1.